The van der Waals surface area contributed by atoms with E-state index in [1.54, 1.807) is 54.6 Å². The van der Waals surface area contributed by atoms with Gasteiger partial charge in [-0.3, -0.25) is 4.79 Å². The Balaban J connectivity index is 1.62. The third kappa shape index (κ3) is 4.93. The Hall–Kier alpha value is -3.59. The van der Waals surface area contributed by atoms with Gasteiger partial charge in [0.15, 0.2) is 18.0 Å². The predicted molar refractivity (Wildman–Crippen MR) is 118 cm³/mol. The van der Waals surface area contributed by atoms with E-state index in [9.17, 15) is 18.0 Å². The summed E-state index contributed by atoms with van der Waals surface area (Å²) in [4.78, 5) is 16.3. The van der Waals surface area contributed by atoms with Gasteiger partial charge >= 0.3 is 6.18 Å². The lowest BCUT2D eigenvalue weighted by Gasteiger charge is -2.15. The Bertz CT molecular complexity index is 1290. The van der Waals surface area contributed by atoms with Crippen LogP contribution < -0.4 is 10.1 Å². The fraction of sp³-hybridized carbons (Fsp3) is 0.174. The summed E-state index contributed by atoms with van der Waals surface area (Å²) in [6, 6.07) is 15.3. The minimum absolute atomic E-state index is 0.0562. The summed E-state index contributed by atoms with van der Waals surface area (Å²) in [5.41, 5.74) is 0.458. The molecule has 4 aromatic rings. The number of carbonyl (C=O) groups is 1. The van der Waals surface area contributed by atoms with Crippen molar-refractivity contribution in [1.82, 2.24) is 20.1 Å². The van der Waals surface area contributed by atoms with Gasteiger partial charge in [-0.1, -0.05) is 54.1 Å². The number of halogens is 4. The van der Waals surface area contributed by atoms with E-state index in [2.05, 4.69) is 15.4 Å². The van der Waals surface area contributed by atoms with E-state index in [-0.39, 0.29) is 23.3 Å². The molecule has 0 aliphatic heterocycles. The standard InChI is InChI=1S/C23H18ClF3N4O2/c1-31-22-19(21(30-31)15-5-3-2-4-6-15)20(23(25,26)27)17(12-29-22)33-13-18(32)28-11-14-7-9-16(24)10-8-14/h2-10,12H,11,13H2,1H3,(H,28,32). The molecule has 33 heavy (non-hydrogen) atoms. The second kappa shape index (κ2) is 9.11. The number of ether oxygens (including phenoxy) is 1. The Labute approximate surface area is 192 Å². The van der Waals surface area contributed by atoms with E-state index in [4.69, 9.17) is 16.3 Å². The van der Waals surface area contributed by atoms with Crippen LogP contribution in [0.25, 0.3) is 22.3 Å². The van der Waals surface area contributed by atoms with Crippen molar-refractivity contribution in [1.29, 1.82) is 0 Å². The van der Waals surface area contributed by atoms with Crippen molar-refractivity contribution in [2.75, 3.05) is 6.61 Å². The molecule has 2 aromatic carbocycles. The SMILES string of the molecule is Cn1nc(-c2ccccc2)c2c(C(F)(F)F)c(OCC(=O)NCc3ccc(Cl)cc3)cnc21. The van der Waals surface area contributed by atoms with Gasteiger partial charge in [-0.15, -0.1) is 0 Å². The van der Waals surface area contributed by atoms with Gasteiger partial charge in [-0.25, -0.2) is 9.67 Å². The highest BCUT2D eigenvalue weighted by atomic mass is 35.5. The zero-order valence-corrected chi connectivity index (χ0v) is 18.1. The van der Waals surface area contributed by atoms with Crippen LogP contribution in [0.2, 0.25) is 5.02 Å². The molecule has 2 heterocycles. The number of amides is 1. The fourth-order valence-corrected chi connectivity index (χ4v) is 3.51. The number of fused-ring (bicyclic) bond motifs is 1. The summed E-state index contributed by atoms with van der Waals surface area (Å²) in [6.07, 6.45) is -3.79. The summed E-state index contributed by atoms with van der Waals surface area (Å²) in [5.74, 6) is -1.12. The average Bonchev–Trinajstić information content (AvgIpc) is 3.13. The van der Waals surface area contributed by atoms with Crippen molar-refractivity contribution < 1.29 is 22.7 Å². The molecule has 0 radical (unpaired) electrons. The van der Waals surface area contributed by atoms with Gasteiger partial charge in [-0.2, -0.15) is 18.3 Å². The van der Waals surface area contributed by atoms with E-state index < -0.39 is 30.0 Å². The summed E-state index contributed by atoms with van der Waals surface area (Å²) in [7, 11) is 1.52. The predicted octanol–water partition coefficient (Wildman–Crippen LogP) is 5.00. The molecule has 6 nitrogen and oxygen atoms in total. The van der Waals surface area contributed by atoms with Crippen molar-refractivity contribution in [3.05, 3.63) is 76.9 Å². The van der Waals surface area contributed by atoms with E-state index in [1.807, 2.05) is 0 Å². The van der Waals surface area contributed by atoms with Gasteiger partial charge < -0.3 is 10.1 Å². The molecule has 2 aromatic heterocycles. The first kappa shape index (κ1) is 22.6. The summed E-state index contributed by atoms with van der Waals surface area (Å²) < 4.78 is 49.0. The number of hydrogen-bond acceptors (Lipinski definition) is 4. The maximum absolute atomic E-state index is 14.2. The minimum Gasteiger partial charge on any atom is -0.481 e. The van der Waals surface area contributed by atoms with Gasteiger partial charge in [0.25, 0.3) is 5.91 Å². The van der Waals surface area contributed by atoms with E-state index in [0.717, 1.165) is 11.8 Å². The molecule has 4 rings (SSSR count). The van der Waals surface area contributed by atoms with Crippen molar-refractivity contribution in [2.45, 2.75) is 12.7 Å². The van der Waals surface area contributed by atoms with Gasteiger partial charge in [0.2, 0.25) is 0 Å². The molecule has 0 aliphatic carbocycles. The lowest BCUT2D eigenvalue weighted by Crippen LogP contribution is -2.28. The summed E-state index contributed by atoms with van der Waals surface area (Å²) in [5, 5.41) is 7.22. The van der Waals surface area contributed by atoms with Crippen molar-refractivity contribution in [3.8, 4) is 17.0 Å². The van der Waals surface area contributed by atoms with Crippen molar-refractivity contribution in [3.63, 3.8) is 0 Å². The zero-order valence-electron chi connectivity index (χ0n) is 17.4. The van der Waals surface area contributed by atoms with Crippen LogP contribution in [0.3, 0.4) is 0 Å². The number of rotatable bonds is 6. The molecule has 0 spiro atoms. The Morgan fingerprint density at radius 2 is 1.82 bits per heavy atom. The monoisotopic (exact) mass is 474 g/mol. The zero-order chi connectivity index (χ0) is 23.6. The molecule has 0 atom stereocenters. The highest BCUT2D eigenvalue weighted by Crippen LogP contribution is 2.43. The topological polar surface area (TPSA) is 69.0 Å². The van der Waals surface area contributed by atoms with Crippen LogP contribution >= 0.6 is 11.6 Å². The first-order valence-electron chi connectivity index (χ1n) is 9.86. The molecule has 0 saturated heterocycles. The van der Waals surface area contributed by atoms with Crippen LogP contribution in [-0.2, 0) is 24.6 Å². The third-order valence-electron chi connectivity index (χ3n) is 4.91. The van der Waals surface area contributed by atoms with E-state index in [0.29, 0.717) is 10.6 Å². The number of aromatic nitrogens is 3. The van der Waals surface area contributed by atoms with Crippen LogP contribution in [0.1, 0.15) is 11.1 Å². The number of pyridine rings is 1. The number of carbonyl (C=O) groups excluding carboxylic acids is 1. The first-order chi connectivity index (χ1) is 15.7. The number of aryl methyl sites for hydroxylation is 1. The molecular weight excluding hydrogens is 457 g/mol. The normalized spacial score (nSPS) is 11.5. The van der Waals surface area contributed by atoms with Crippen LogP contribution in [0.15, 0.2) is 60.8 Å². The number of alkyl halides is 3. The summed E-state index contributed by atoms with van der Waals surface area (Å²) in [6.45, 7) is -0.422. The first-order valence-corrected chi connectivity index (χ1v) is 10.2. The molecule has 0 saturated carbocycles. The molecule has 0 unspecified atom stereocenters. The molecule has 0 bridgehead atoms. The smallest absolute Gasteiger partial charge is 0.420 e. The fourth-order valence-electron chi connectivity index (χ4n) is 3.39. The van der Waals surface area contributed by atoms with Crippen LogP contribution in [0, 0.1) is 0 Å². The minimum atomic E-state index is -4.76. The number of nitrogens with zero attached hydrogens (tertiary/aromatic N) is 3. The van der Waals surface area contributed by atoms with Crippen molar-refractivity contribution in [2.24, 2.45) is 7.05 Å². The molecule has 170 valence electrons. The lowest BCUT2D eigenvalue weighted by molar-refractivity contribution is -0.138. The number of benzene rings is 2. The van der Waals surface area contributed by atoms with Gasteiger partial charge in [-0.05, 0) is 17.7 Å². The molecule has 1 amide bonds. The number of nitrogens with one attached hydrogen (secondary N) is 1. The Morgan fingerprint density at radius 3 is 2.48 bits per heavy atom. The van der Waals surface area contributed by atoms with E-state index >= 15 is 0 Å². The van der Waals surface area contributed by atoms with Crippen molar-refractivity contribution >= 4 is 28.5 Å². The second-order valence-electron chi connectivity index (χ2n) is 7.22. The van der Waals surface area contributed by atoms with Gasteiger partial charge in [0.05, 0.1) is 11.6 Å². The number of hydrogen-bond donors (Lipinski definition) is 1. The highest BCUT2D eigenvalue weighted by Gasteiger charge is 2.39. The third-order valence-corrected chi connectivity index (χ3v) is 5.16. The maximum Gasteiger partial charge on any atom is 0.420 e. The molecule has 10 heteroatoms. The Morgan fingerprint density at radius 1 is 1.12 bits per heavy atom. The molecule has 0 fully saturated rings. The highest BCUT2D eigenvalue weighted by molar-refractivity contribution is 6.30. The lowest BCUT2D eigenvalue weighted by atomic mass is 10.0. The van der Waals surface area contributed by atoms with Gasteiger partial charge in [0.1, 0.15) is 11.3 Å². The maximum atomic E-state index is 14.2. The van der Waals surface area contributed by atoms with E-state index in [1.165, 1.54) is 11.7 Å². The van der Waals surface area contributed by atoms with Gasteiger partial charge in [0, 0.05) is 24.2 Å². The van der Waals surface area contributed by atoms with Crippen LogP contribution in [0.4, 0.5) is 13.2 Å². The molecular formula is C23H18ClF3N4O2. The average molecular weight is 475 g/mol. The second-order valence-corrected chi connectivity index (χ2v) is 7.66. The van der Waals surface area contributed by atoms with Crippen LogP contribution in [0.5, 0.6) is 5.75 Å². The van der Waals surface area contributed by atoms with Crippen LogP contribution in [-0.4, -0.2) is 27.3 Å². The quantitative estimate of drug-likeness (QED) is 0.427. The molecule has 1 N–H and O–H groups in total. The largest absolute Gasteiger partial charge is 0.481 e. The summed E-state index contributed by atoms with van der Waals surface area (Å²) >= 11 is 5.83. The molecule has 0 aliphatic rings. The Kier molecular flexibility index (Phi) is 6.24.